The number of aliphatic hydroxyl groups is 1. The summed E-state index contributed by atoms with van der Waals surface area (Å²) in [4.78, 5) is 48.6. The zero-order valence-electron chi connectivity index (χ0n) is 46.7. The monoisotopic (exact) mass is 1040 g/mol. The Balaban J connectivity index is 4.69. The van der Waals surface area contributed by atoms with Gasteiger partial charge in [-0.3, -0.25) is 23.4 Å². The number of ether oxygens (including phenoxy) is 3. The molecule has 0 saturated carbocycles. The summed E-state index contributed by atoms with van der Waals surface area (Å²) in [6.07, 6.45) is 56.6. The molecule has 0 bridgehead atoms. The van der Waals surface area contributed by atoms with Gasteiger partial charge in [-0.25, -0.2) is 4.57 Å². The lowest BCUT2D eigenvalue weighted by Crippen LogP contribution is -2.30. The Morgan fingerprint density at radius 3 is 1.11 bits per heavy atom. The van der Waals surface area contributed by atoms with Gasteiger partial charge >= 0.3 is 25.7 Å². The highest BCUT2D eigenvalue weighted by molar-refractivity contribution is 7.47. The number of allylic oxidation sites excluding steroid dienone is 6. The molecule has 3 unspecified atom stereocenters. The van der Waals surface area contributed by atoms with Crippen LogP contribution in [0.5, 0.6) is 0 Å². The number of phosphoric acid groups is 1. The predicted octanol–water partition coefficient (Wildman–Crippen LogP) is 17.6. The highest BCUT2D eigenvalue weighted by atomic mass is 31.2. The van der Waals surface area contributed by atoms with E-state index >= 15 is 0 Å². The van der Waals surface area contributed by atoms with E-state index < -0.39 is 57.8 Å². The average molecular weight is 1040 g/mol. The van der Waals surface area contributed by atoms with E-state index in [4.69, 9.17) is 23.3 Å². The summed E-state index contributed by atoms with van der Waals surface area (Å²) in [5, 5.41) is 9.81. The molecule has 0 aliphatic rings. The first kappa shape index (κ1) is 69.7. The van der Waals surface area contributed by atoms with Gasteiger partial charge in [0.2, 0.25) is 0 Å². The van der Waals surface area contributed by atoms with Crippen molar-refractivity contribution in [3.63, 3.8) is 0 Å². The van der Waals surface area contributed by atoms with Crippen LogP contribution in [0, 0.1) is 0 Å². The van der Waals surface area contributed by atoms with E-state index in [0.29, 0.717) is 19.3 Å². The van der Waals surface area contributed by atoms with Crippen LogP contribution in [0.25, 0.3) is 0 Å². The predicted molar refractivity (Wildman–Crippen MR) is 298 cm³/mol. The second kappa shape index (κ2) is 54.9. The minimum atomic E-state index is -4.74. The quantitative estimate of drug-likeness (QED) is 0.0197. The van der Waals surface area contributed by atoms with Gasteiger partial charge in [-0.05, 0) is 51.4 Å². The SMILES string of the molecule is CC/C=C\C/C=C\C/C=C\CCCCCCCCCC(=O)OCC(COP(=O)(O)OCC(CO)OC(=O)CCCCCCCCCCCCCCC)OC(=O)CCCCCCCCCCCCCCCCC. The summed E-state index contributed by atoms with van der Waals surface area (Å²) in [7, 11) is -4.74. The van der Waals surface area contributed by atoms with Crippen LogP contribution in [0.1, 0.15) is 290 Å². The molecule has 0 aliphatic heterocycles. The van der Waals surface area contributed by atoms with E-state index in [1.165, 1.54) is 141 Å². The Morgan fingerprint density at radius 1 is 0.403 bits per heavy atom. The van der Waals surface area contributed by atoms with E-state index in [1.54, 1.807) is 0 Å². The standard InChI is InChI=1S/C60H111O11P/c1-4-7-10-13-16-19-22-25-27-28-30-32-34-37-40-43-46-49-58(62)67-53-57(71-60(64)51-48-45-42-39-36-33-29-26-23-20-17-14-11-8-5-2)55-69-72(65,66)68-54-56(52-61)70-59(63)50-47-44-41-38-35-31-24-21-18-15-12-9-6-3/h7,10,16,19,25,27,56-57,61H,4-6,8-9,11-15,17-18,20-24,26,28-55H2,1-3H3,(H,65,66)/b10-7-,19-16-,27-25-. The lowest BCUT2D eigenvalue weighted by molar-refractivity contribution is -0.161. The third-order valence-electron chi connectivity index (χ3n) is 13.1. The second-order valence-corrected chi connectivity index (χ2v) is 21.6. The number of esters is 3. The van der Waals surface area contributed by atoms with Gasteiger partial charge < -0.3 is 24.2 Å². The second-order valence-electron chi connectivity index (χ2n) is 20.1. The molecule has 0 fully saturated rings. The van der Waals surface area contributed by atoms with Crippen molar-refractivity contribution in [1.82, 2.24) is 0 Å². The smallest absolute Gasteiger partial charge is 0.462 e. The molecular weight excluding hydrogens is 928 g/mol. The first-order chi connectivity index (χ1) is 35.2. The molecule has 0 aromatic carbocycles. The molecule has 3 atom stereocenters. The Morgan fingerprint density at radius 2 is 0.722 bits per heavy atom. The summed E-state index contributed by atoms with van der Waals surface area (Å²) in [5.74, 6) is -1.45. The third kappa shape index (κ3) is 52.6. The van der Waals surface area contributed by atoms with Gasteiger partial charge in [0.25, 0.3) is 0 Å². The fourth-order valence-electron chi connectivity index (χ4n) is 8.55. The zero-order valence-corrected chi connectivity index (χ0v) is 47.6. The van der Waals surface area contributed by atoms with Crippen molar-refractivity contribution < 1.29 is 52.2 Å². The summed E-state index contributed by atoms with van der Waals surface area (Å²) >= 11 is 0. The highest BCUT2D eigenvalue weighted by Gasteiger charge is 2.28. The minimum absolute atomic E-state index is 0.171. The van der Waals surface area contributed by atoms with Crippen LogP contribution in [0.3, 0.4) is 0 Å². The number of phosphoric ester groups is 1. The van der Waals surface area contributed by atoms with Gasteiger partial charge in [-0.1, -0.05) is 256 Å². The number of carbonyl (C=O) groups excluding carboxylic acids is 3. The van der Waals surface area contributed by atoms with Crippen molar-refractivity contribution in [3.05, 3.63) is 36.5 Å². The maximum absolute atomic E-state index is 12.9. The van der Waals surface area contributed by atoms with E-state index in [0.717, 1.165) is 89.9 Å². The van der Waals surface area contributed by atoms with Crippen LogP contribution in [0.2, 0.25) is 0 Å². The number of rotatable bonds is 56. The van der Waals surface area contributed by atoms with E-state index in [9.17, 15) is 28.9 Å². The van der Waals surface area contributed by atoms with Gasteiger partial charge in [0.15, 0.2) is 6.10 Å². The molecule has 12 heteroatoms. The number of carbonyl (C=O) groups is 3. The molecule has 0 heterocycles. The van der Waals surface area contributed by atoms with Crippen LogP contribution >= 0.6 is 7.82 Å². The molecule has 0 aromatic rings. The minimum Gasteiger partial charge on any atom is -0.462 e. The molecule has 422 valence electrons. The molecule has 11 nitrogen and oxygen atoms in total. The first-order valence-corrected chi connectivity index (χ1v) is 31.4. The van der Waals surface area contributed by atoms with Crippen LogP contribution in [0.4, 0.5) is 0 Å². The van der Waals surface area contributed by atoms with Gasteiger partial charge in [0.05, 0.1) is 19.8 Å². The molecular formula is C60H111O11P. The van der Waals surface area contributed by atoms with Gasteiger partial charge in [-0.2, -0.15) is 0 Å². The van der Waals surface area contributed by atoms with Crippen LogP contribution in [-0.2, 0) is 42.2 Å². The number of hydrogen-bond donors (Lipinski definition) is 2. The van der Waals surface area contributed by atoms with Crippen molar-refractivity contribution in [2.24, 2.45) is 0 Å². The van der Waals surface area contributed by atoms with Crippen LogP contribution in [-0.4, -0.2) is 66.5 Å². The molecule has 0 amide bonds. The molecule has 2 N–H and O–H groups in total. The van der Waals surface area contributed by atoms with Crippen molar-refractivity contribution in [3.8, 4) is 0 Å². The molecule has 0 spiro atoms. The third-order valence-corrected chi connectivity index (χ3v) is 14.0. The van der Waals surface area contributed by atoms with Crippen molar-refractivity contribution >= 4 is 25.7 Å². The maximum Gasteiger partial charge on any atom is 0.472 e. The van der Waals surface area contributed by atoms with Crippen LogP contribution in [0.15, 0.2) is 36.5 Å². The lowest BCUT2D eigenvalue weighted by Gasteiger charge is -2.21. The topological polar surface area (TPSA) is 155 Å². The Labute approximate surface area is 441 Å². The van der Waals surface area contributed by atoms with Gasteiger partial charge in [0.1, 0.15) is 12.7 Å². The normalized spacial score (nSPS) is 13.6. The fourth-order valence-corrected chi connectivity index (χ4v) is 9.33. The van der Waals surface area contributed by atoms with E-state index in [-0.39, 0.29) is 25.9 Å². The lowest BCUT2D eigenvalue weighted by atomic mass is 10.0. The largest absolute Gasteiger partial charge is 0.472 e. The van der Waals surface area contributed by atoms with Crippen LogP contribution < -0.4 is 0 Å². The fraction of sp³-hybridized carbons (Fsp3) is 0.850. The number of aliphatic hydroxyl groups excluding tert-OH is 1. The molecule has 0 rings (SSSR count). The summed E-state index contributed by atoms with van der Waals surface area (Å²) in [6.45, 7) is 4.57. The molecule has 72 heavy (non-hydrogen) atoms. The van der Waals surface area contributed by atoms with Gasteiger partial charge in [-0.15, -0.1) is 0 Å². The highest BCUT2D eigenvalue weighted by Crippen LogP contribution is 2.43. The molecule has 0 radical (unpaired) electrons. The average Bonchev–Trinajstić information content (AvgIpc) is 3.37. The summed E-state index contributed by atoms with van der Waals surface area (Å²) < 4.78 is 39.6. The van der Waals surface area contributed by atoms with Crippen molar-refractivity contribution in [1.29, 1.82) is 0 Å². The summed E-state index contributed by atoms with van der Waals surface area (Å²) in [6, 6.07) is 0. The summed E-state index contributed by atoms with van der Waals surface area (Å²) in [5.41, 5.74) is 0. The Bertz CT molecular complexity index is 1350. The number of hydrogen-bond acceptors (Lipinski definition) is 10. The zero-order chi connectivity index (χ0) is 52.7. The Hall–Kier alpha value is -2.30. The molecule has 0 saturated heterocycles. The van der Waals surface area contributed by atoms with Crippen molar-refractivity contribution in [2.45, 2.75) is 303 Å². The first-order valence-electron chi connectivity index (χ1n) is 29.9. The maximum atomic E-state index is 12.9. The number of unbranched alkanes of at least 4 members (excludes halogenated alkanes) is 33. The molecule has 0 aromatic heterocycles. The Kier molecular flexibility index (Phi) is 53.2. The van der Waals surface area contributed by atoms with Gasteiger partial charge in [0, 0.05) is 19.3 Å². The van der Waals surface area contributed by atoms with E-state index in [2.05, 4.69) is 57.2 Å². The molecule has 0 aliphatic carbocycles. The van der Waals surface area contributed by atoms with Crippen molar-refractivity contribution in [2.75, 3.05) is 26.4 Å². The van der Waals surface area contributed by atoms with E-state index in [1.807, 2.05) is 0 Å².